The minimum absolute atomic E-state index is 0.162. The van der Waals surface area contributed by atoms with Crippen molar-refractivity contribution in [3.05, 3.63) is 34.1 Å². The fourth-order valence-electron chi connectivity index (χ4n) is 2.70. The molecule has 1 amide bonds. The standard InChI is InChI=1S/C16H17Cl2N3O2S/c17-11-6-7-12(18)13(8-11)19-14(22)9-24-16-21-20-15(23-16)10-4-2-1-3-5-10/h6-8,10H,1-5,9H2,(H,19,22). The molecule has 0 aliphatic heterocycles. The summed E-state index contributed by atoms with van der Waals surface area (Å²) in [6.07, 6.45) is 5.88. The number of nitrogens with one attached hydrogen (secondary N) is 1. The average Bonchev–Trinajstić information content (AvgIpc) is 3.06. The third-order valence-electron chi connectivity index (χ3n) is 3.91. The second-order valence-corrected chi connectivity index (χ2v) is 7.47. The summed E-state index contributed by atoms with van der Waals surface area (Å²) in [5.74, 6) is 1.01. The van der Waals surface area contributed by atoms with Gasteiger partial charge >= 0.3 is 0 Å². The van der Waals surface area contributed by atoms with E-state index in [2.05, 4.69) is 15.5 Å². The van der Waals surface area contributed by atoms with E-state index in [0.29, 0.717) is 32.8 Å². The minimum Gasteiger partial charge on any atom is -0.416 e. The number of hydrogen-bond acceptors (Lipinski definition) is 5. The molecule has 1 N–H and O–H groups in total. The molecule has 5 nitrogen and oxygen atoms in total. The molecule has 2 aromatic rings. The van der Waals surface area contributed by atoms with Crippen molar-refractivity contribution in [3.8, 4) is 0 Å². The zero-order valence-electron chi connectivity index (χ0n) is 12.9. The molecule has 1 aliphatic rings. The van der Waals surface area contributed by atoms with Crippen LogP contribution in [-0.2, 0) is 4.79 Å². The summed E-state index contributed by atoms with van der Waals surface area (Å²) in [5.41, 5.74) is 0.489. The molecule has 1 aromatic carbocycles. The van der Waals surface area contributed by atoms with E-state index in [4.69, 9.17) is 27.6 Å². The van der Waals surface area contributed by atoms with Crippen molar-refractivity contribution >= 4 is 46.6 Å². The smallest absolute Gasteiger partial charge is 0.277 e. The summed E-state index contributed by atoms with van der Waals surface area (Å²) in [5, 5.41) is 12.2. The summed E-state index contributed by atoms with van der Waals surface area (Å²) in [7, 11) is 0. The second-order valence-electron chi connectivity index (χ2n) is 5.70. The van der Waals surface area contributed by atoms with Crippen molar-refractivity contribution in [1.29, 1.82) is 0 Å². The maximum Gasteiger partial charge on any atom is 0.277 e. The number of thioether (sulfide) groups is 1. The lowest BCUT2D eigenvalue weighted by molar-refractivity contribution is -0.113. The Hall–Kier alpha value is -1.24. The molecule has 0 atom stereocenters. The van der Waals surface area contributed by atoms with Gasteiger partial charge in [0, 0.05) is 10.9 Å². The predicted octanol–water partition coefficient (Wildman–Crippen LogP) is 5.15. The van der Waals surface area contributed by atoms with Gasteiger partial charge in [0.25, 0.3) is 5.22 Å². The molecule has 0 spiro atoms. The lowest BCUT2D eigenvalue weighted by Crippen LogP contribution is -2.14. The van der Waals surface area contributed by atoms with Crippen molar-refractivity contribution in [1.82, 2.24) is 10.2 Å². The normalized spacial score (nSPS) is 15.4. The Labute approximate surface area is 154 Å². The molecule has 128 valence electrons. The van der Waals surface area contributed by atoms with Crippen LogP contribution in [0.15, 0.2) is 27.8 Å². The van der Waals surface area contributed by atoms with Gasteiger partial charge in [-0.25, -0.2) is 0 Å². The third kappa shape index (κ3) is 4.65. The highest BCUT2D eigenvalue weighted by molar-refractivity contribution is 7.99. The predicted molar refractivity (Wildman–Crippen MR) is 95.9 cm³/mol. The largest absolute Gasteiger partial charge is 0.416 e. The number of amides is 1. The zero-order chi connectivity index (χ0) is 16.9. The highest BCUT2D eigenvalue weighted by atomic mass is 35.5. The van der Waals surface area contributed by atoms with Gasteiger partial charge in [0.1, 0.15) is 0 Å². The van der Waals surface area contributed by atoms with E-state index >= 15 is 0 Å². The van der Waals surface area contributed by atoms with E-state index in [-0.39, 0.29) is 11.7 Å². The molecular weight excluding hydrogens is 369 g/mol. The van der Waals surface area contributed by atoms with Crippen molar-refractivity contribution in [2.75, 3.05) is 11.1 Å². The summed E-state index contributed by atoms with van der Waals surface area (Å²) >= 11 is 13.1. The molecule has 1 saturated carbocycles. The number of aromatic nitrogens is 2. The molecule has 0 unspecified atom stereocenters. The number of carbonyl (C=O) groups is 1. The molecule has 1 fully saturated rings. The average molecular weight is 386 g/mol. The van der Waals surface area contributed by atoms with E-state index in [0.717, 1.165) is 12.8 Å². The van der Waals surface area contributed by atoms with Crippen LogP contribution in [-0.4, -0.2) is 21.9 Å². The van der Waals surface area contributed by atoms with E-state index in [1.54, 1.807) is 18.2 Å². The molecule has 0 saturated heterocycles. The first-order valence-electron chi connectivity index (χ1n) is 7.83. The maximum atomic E-state index is 12.0. The van der Waals surface area contributed by atoms with Gasteiger partial charge in [-0.15, -0.1) is 10.2 Å². The van der Waals surface area contributed by atoms with Crippen LogP contribution in [0.3, 0.4) is 0 Å². The SMILES string of the molecule is O=C(CSc1nnc(C2CCCCC2)o1)Nc1cc(Cl)ccc1Cl. The van der Waals surface area contributed by atoms with Crippen LogP contribution in [0.5, 0.6) is 0 Å². The first-order valence-corrected chi connectivity index (χ1v) is 9.57. The van der Waals surface area contributed by atoms with Gasteiger partial charge in [-0.05, 0) is 31.0 Å². The Morgan fingerprint density at radius 2 is 2.04 bits per heavy atom. The highest BCUT2D eigenvalue weighted by Crippen LogP contribution is 2.33. The Bertz CT molecular complexity index is 717. The van der Waals surface area contributed by atoms with Crippen LogP contribution in [0.4, 0.5) is 5.69 Å². The van der Waals surface area contributed by atoms with Crippen LogP contribution in [0.1, 0.15) is 43.9 Å². The number of nitrogens with zero attached hydrogens (tertiary/aromatic N) is 2. The summed E-state index contributed by atoms with van der Waals surface area (Å²) < 4.78 is 5.68. The Balaban J connectivity index is 1.53. The molecule has 8 heteroatoms. The van der Waals surface area contributed by atoms with Gasteiger partial charge in [0.2, 0.25) is 11.8 Å². The number of benzene rings is 1. The Morgan fingerprint density at radius 3 is 2.83 bits per heavy atom. The van der Waals surface area contributed by atoms with Crippen molar-refractivity contribution in [2.45, 2.75) is 43.2 Å². The summed E-state index contributed by atoms with van der Waals surface area (Å²) in [4.78, 5) is 12.0. The van der Waals surface area contributed by atoms with Crippen LogP contribution in [0, 0.1) is 0 Å². The summed E-state index contributed by atoms with van der Waals surface area (Å²) in [6, 6.07) is 4.92. The van der Waals surface area contributed by atoms with Crippen molar-refractivity contribution in [2.24, 2.45) is 0 Å². The van der Waals surface area contributed by atoms with Crippen molar-refractivity contribution < 1.29 is 9.21 Å². The number of rotatable bonds is 5. The lowest BCUT2D eigenvalue weighted by atomic mass is 9.89. The molecule has 0 radical (unpaired) electrons. The number of anilines is 1. The molecule has 24 heavy (non-hydrogen) atoms. The van der Waals surface area contributed by atoms with Gasteiger partial charge in [0.05, 0.1) is 16.5 Å². The van der Waals surface area contributed by atoms with Crippen LogP contribution >= 0.6 is 35.0 Å². The van der Waals surface area contributed by atoms with Gasteiger partial charge in [-0.3, -0.25) is 4.79 Å². The first kappa shape index (κ1) is 17.6. The minimum atomic E-state index is -0.207. The van der Waals surface area contributed by atoms with Gasteiger partial charge in [0.15, 0.2) is 0 Å². The molecule has 3 rings (SSSR count). The monoisotopic (exact) mass is 385 g/mol. The Kier molecular flexibility index (Phi) is 6.03. The third-order valence-corrected chi connectivity index (χ3v) is 5.29. The van der Waals surface area contributed by atoms with E-state index in [1.807, 2.05) is 0 Å². The maximum absolute atomic E-state index is 12.0. The van der Waals surface area contributed by atoms with E-state index in [1.165, 1.54) is 31.0 Å². The van der Waals surface area contributed by atoms with Crippen LogP contribution in [0.25, 0.3) is 0 Å². The highest BCUT2D eigenvalue weighted by Gasteiger charge is 2.21. The van der Waals surface area contributed by atoms with Crippen LogP contribution in [0.2, 0.25) is 10.0 Å². The molecule has 0 bridgehead atoms. The first-order chi connectivity index (χ1) is 11.6. The number of halogens is 2. The second kappa shape index (κ2) is 8.23. The molecular formula is C16H17Cl2N3O2S. The van der Waals surface area contributed by atoms with Gasteiger partial charge in [-0.2, -0.15) is 0 Å². The fraction of sp³-hybridized carbons (Fsp3) is 0.438. The summed E-state index contributed by atoms with van der Waals surface area (Å²) in [6.45, 7) is 0. The van der Waals surface area contributed by atoms with Gasteiger partial charge in [-0.1, -0.05) is 54.2 Å². The van der Waals surface area contributed by atoms with Gasteiger partial charge < -0.3 is 9.73 Å². The van der Waals surface area contributed by atoms with Crippen molar-refractivity contribution in [3.63, 3.8) is 0 Å². The molecule has 1 heterocycles. The zero-order valence-corrected chi connectivity index (χ0v) is 15.3. The van der Waals surface area contributed by atoms with E-state index < -0.39 is 0 Å². The molecule has 1 aliphatic carbocycles. The number of carbonyl (C=O) groups excluding carboxylic acids is 1. The van der Waals surface area contributed by atoms with E-state index in [9.17, 15) is 4.79 Å². The van der Waals surface area contributed by atoms with Crippen LogP contribution < -0.4 is 5.32 Å². The number of hydrogen-bond donors (Lipinski definition) is 1. The lowest BCUT2D eigenvalue weighted by Gasteiger charge is -2.17. The Morgan fingerprint density at radius 1 is 1.25 bits per heavy atom. The fourth-order valence-corrected chi connectivity index (χ4v) is 3.61. The molecule has 1 aromatic heterocycles. The quantitative estimate of drug-likeness (QED) is 0.720. The topological polar surface area (TPSA) is 68.0 Å².